The van der Waals surface area contributed by atoms with Crippen LogP contribution in [-0.2, 0) is 4.79 Å². The molecule has 7 nitrogen and oxygen atoms in total. The summed E-state index contributed by atoms with van der Waals surface area (Å²) < 4.78 is 1.75. The highest BCUT2D eigenvalue weighted by atomic mass is 16.1. The lowest BCUT2D eigenvalue weighted by Gasteiger charge is -2.27. The zero-order valence-electron chi connectivity index (χ0n) is 17.0. The number of carbonyl (C=O) groups excluding carboxylic acids is 1. The predicted molar refractivity (Wildman–Crippen MR) is 115 cm³/mol. The fraction of sp³-hybridized carbons (Fsp3) is 0.227. The molecule has 0 saturated carbocycles. The second kappa shape index (κ2) is 7.09. The molecule has 1 unspecified atom stereocenters. The third kappa shape index (κ3) is 3.35. The van der Waals surface area contributed by atoms with Crippen LogP contribution in [0.25, 0.3) is 11.4 Å². The Hall–Kier alpha value is -3.61. The molecule has 7 heteroatoms. The highest BCUT2D eigenvalue weighted by Crippen LogP contribution is 2.36. The van der Waals surface area contributed by atoms with Crippen LogP contribution in [0, 0.1) is 6.92 Å². The van der Waals surface area contributed by atoms with Crippen LogP contribution in [0.1, 0.15) is 24.1 Å². The third-order valence-corrected chi connectivity index (χ3v) is 5.12. The van der Waals surface area contributed by atoms with Gasteiger partial charge in [-0.2, -0.15) is 4.98 Å². The fourth-order valence-corrected chi connectivity index (χ4v) is 3.65. The number of allylic oxidation sites excluding steroid dienone is 1. The predicted octanol–water partition coefficient (Wildman–Crippen LogP) is 3.09. The number of fused-ring (bicyclic) bond motifs is 1. The van der Waals surface area contributed by atoms with Gasteiger partial charge in [0.15, 0.2) is 5.82 Å². The number of hydrogen-bond donors (Lipinski definition) is 2. The first-order chi connectivity index (χ1) is 13.8. The summed E-state index contributed by atoms with van der Waals surface area (Å²) in [7, 11) is 4.00. The molecule has 3 N–H and O–H groups in total. The van der Waals surface area contributed by atoms with E-state index in [1.807, 2.05) is 81.4 Å². The summed E-state index contributed by atoms with van der Waals surface area (Å²) in [5.41, 5.74) is 11.0. The standard InChI is InChI=1S/C22H24N6O/c1-13-6-5-7-16(12-13)19-18(20(23)29)14(2)24-22-25-21(26-28(19)22)15-8-10-17(11-9-15)27(3)4/h5-12,19H,1-4H3,(H2,23,29)(H,24,25,26). The monoisotopic (exact) mass is 388 g/mol. The van der Waals surface area contributed by atoms with Gasteiger partial charge in [-0.1, -0.05) is 29.8 Å². The summed E-state index contributed by atoms with van der Waals surface area (Å²) in [5, 5.41) is 7.92. The Bertz CT molecular complexity index is 1110. The average Bonchev–Trinajstić information content (AvgIpc) is 3.10. The van der Waals surface area contributed by atoms with Crippen molar-refractivity contribution in [2.75, 3.05) is 24.3 Å². The number of rotatable bonds is 4. The van der Waals surface area contributed by atoms with Crippen LogP contribution in [0.4, 0.5) is 11.6 Å². The van der Waals surface area contributed by atoms with Crippen LogP contribution in [-0.4, -0.2) is 34.8 Å². The number of primary amides is 1. The van der Waals surface area contributed by atoms with Gasteiger partial charge in [-0.25, -0.2) is 4.68 Å². The number of nitrogens with one attached hydrogen (secondary N) is 1. The number of nitrogens with zero attached hydrogens (tertiary/aromatic N) is 4. The zero-order valence-corrected chi connectivity index (χ0v) is 17.0. The lowest BCUT2D eigenvalue weighted by atomic mass is 9.94. The molecular weight excluding hydrogens is 364 g/mol. The van der Waals surface area contributed by atoms with Crippen molar-refractivity contribution in [3.8, 4) is 11.4 Å². The van der Waals surface area contributed by atoms with Crippen molar-refractivity contribution in [3.63, 3.8) is 0 Å². The number of amides is 1. The number of carbonyl (C=O) groups is 1. The minimum atomic E-state index is -0.473. The van der Waals surface area contributed by atoms with Crippen molar-refractivity contribution < 1.29 is 4.79 Å². The Morgan fingerprint density at radius 2 is 1.86 bits per heavy atom. The van der Waals surface area contributed by atoms with Gasteiger partial charge in [0.05, 0.1) is 5.57 Å². The number of anilines is 2. The minimum Gasteiger partial charge on any atom is -0.378 e. The molecule has 0 saturated heterocycles. The number of aryl methyl sites for hydroxylation is 1. The summed E-state index contributed by atoms with van der Waals surface area (Å²) >= 11 is 0. The number of benzene rings is 2. The maximum Gasteiger partial charge on any atom is 0.248 e. The molecule has 0 spiro atoms. The molecule has 1 aliphatic rings. The second-order valence-electron chi connectivity index (χ2n) is 7.49. The molecule has 0 bridgehead atoms. The normalized spacial score (nSPS) is 15.7. The SMILES string of the molecule is CC1=C(C(N)=O)C(c2cccc(C)c2)n2nc(-c3ccc(N(C)C)cc3)nc2N1. The third-order valence-electron chi connectivity index (χ3n) is 5.12. The number of hydrogen-bond acceptors (Lipinski definition) is 5. The summed E-state index contributed by atoms with van der Waals surface area (Å²) in [5.74, 6) is 0.708. The minimum absolute atomic E-state index is 0.425. The van der Waals surface area contributed by atoms with Crippen LogP contribution in [0.5, 0.6) is 0 Å². The highest BCUT2D eigenvalue weighted by molar-refractivity contribution is 5.95. The van der Waals surface area contributed by atoms with Crippen LogP contribution in [0.15, 0.2) is 59.8 Å². The number of nitrogens with two attached hydrogens (primary N) is 1. The Morgan fingerprint density at radius 1 is 1.14 bits per heavy atom. The fourth-order valence-electron chi connectivity index (χ4n) is 3.65. The van der Waals surface area contributed by atoms with Gasteiger partial charge in [0, 0.05) is 31.0 Å². The van der Waals surface area contributed by atoms with E-state index in [-0.39, 0.29) is 0 Å². The lowest BCUT2D eigenvalue weighted by molar-refractivity contribution is -0.115. The van der Waals surface area contributed by atoms with Crippen LogP contribution >= 0.6 is 0 Å². The van der Waals surface area contributed by atoms with Crippen molar-refractivity contribution in [2.24, 2.45) is 5.73 Å². The molecule has 1 atom stereocenters. The first-order valence-corrected chi connectivity index (χ1v) is 9.43. The van der Waals surface area contributed by atoms with E-state index in [1.54, 1.807) is 4.68 Å². The maximum absolute atomic E-state index is 12.3. The Labute approximate surface area is 169 Å². The summed E-state index contributed by atoms with van der Waals surface area (Å²) in [6, 6.07) is 15.6. The molecule has 148 valence electrons. The van der Waals surface area contributed by atoms with Gasteiger partial charge in [-0.3, -0.25) is 4.79 Å². The van der Waals surface area contributed by atoms with Gasteiger partial charge in [-0.05, 0) is 43.7 Å². The second-order valence-corrected chi connectivity index (χ2v) is 7.49. The zero-order chi connectivity index (χ0) is 20.7. The molecule has 2 heterocycles. The van der Waals surface area contributed by atoms with Crippen molar-refractivity contribution in [3.05, 3.63) is 70.9 Å². The number of aromatic nitrogens is 3. The quantitative estimate of drug-likeness (QED) is 0.717. The van der Waals surface area contributed by atoms with E-state index in [0.717, 1.165) is 22.4 Å². The van der Waals surface area contributed by atoms with E-state index < -0.39 is 11.9 Å². The highest BCUT2D eigenvalue weighted by Gasteiger charge is 2.33. The topological polar surface area (TPSA) is 89.1 Å². The van der Waals surface area contributed by atoms with E-state index in [2.05, 4.69) is 10.3 Å². The summed E-state index contributed by atoms with van der Waals surface area (Å²) in [6.45, 7) is 3.86. The van der Waals surface area contributed by atoms with E-state index in [4.69, 9.17) is 10.8 Å². The molecule has 2 aromatic carbocycles. The van der Waals surface area contributed by atoms with Gasteiger partial charge in [-0.15, -0.1) is 5.10 Å². The Morgan fingerprint density at radius 3 is 2.48 bits per heavy atom. The molecule has 1 amide bonds. The van der Waals surface area contributed by atoms with E-state index >= 15 is 0 Å². The van der Waals surface area contributed by atoms with Crippen LogP contribution in [0.2, 0.25) is 0 Å². The van der Waals surface area contributed by atoms with Crippen molar-refractivity contribution in [1.82, 2.24) is 14.8 Å². The molecule has 0 aliphatic carbocycles. The molecule has 1 aromatic heterocycles. The molecule has 0 fully saturated rings. The van der Waals surface area contributed by atoms with Crippen molar-refractivity contribution >= 4 is 17.5 Å². The van der Waals surface area contributed by atoms with Crippen LogP contribution < -0.4 is 16.0 Å². The van der Waals surface area contributed by atoms with Crippen LogP contribution in [0.3, 0.4) is 0 Å². The van der Waals surface area contributed by atoms with E-state index in [9.17, 15) is 4.79 Å². The van der Waals surface area contributed by atoms with Gasteiger partial charge < -0.3 is 16.0 Å². The van der Waals surface area contributed by atoms with Crippen molar-refractivity contribution in [1.29, 1.82) is 0 Å². The van der Waals surface area contributed by atoms with Crippen molar-refractivity contribution in [2.45, 2.75) is 19.9 Å². The largest absolute Gasteiger partial charge is 0.378 e. The van der Waals surface area contributed by atoms with E-state index in [1.165, 1.54) is 0 Å². The maximum atomic E-state index is 12.3. The molecule has 3 aromatic rings. The average molecular weight is 388 g/mol. The first kappa shape index (κ1) is 18.7. The lowest BCUT2D eigenvalue weighted by Crippen LogP contribution is -2.31. The van der Waals surface area contributed by atoms with Gasteiger partial charge in [0.25, 0.3) is 0 Å². The molecule has 1 aliphatic heterocycles. The van der Waals surface area contributed by atoms with Gasteiger partial charge >= 0.3 is 0 Å². The molecular formula is C22H24N6O. The van der Waals surface area contributed by atoms with E-state index in [0.29, 0.717) is 23.0 Å². The summed E-state index contributed by atoms with van der Waals surface area (Å²) in [6.07, 6.45) is 0. The first-order valence-electron chi connectivity index (χ1n) is 9.43. The Balaban J connectivity index is 1.83. The molecule has 0 radical (unpaired) electrons. The van der Waals surface area contributed by atoms with Gasteiger partial charge in [0.1, 0.15) is 6.04 Å². The Kier molecular flexibility index (Phi) is 4.58. The smallest absolute Gasteiger partial charge is 0.248 e. The van der Waals surface area contributed by atoms with Gasteiger partial charge in [0.2, 0.25) is 11.9 Å². The molecule has 4 rings (SSSR count). The summed E-state index contributed by atoms with van der Waals surface area (Å²) in [4.78, 5) is 19.0. The molecule has 29 heavy (non-hydrogen) atoms.